The van der Waals surface area contributed by atoms with E-state index >= 15 is 0 Å². The molecule has 1 atom stereocenters. The summed E-state index contributed by atoms with van der Waals surface area (Å²) in [6.45, 7) is 3.90. The van der Waals surface area contributed by atoms with Gasteiger partial charge in [-0.05, 0) is 19.1 Å². The van der Waals surface area contributed by atoms with Crippen molar-refractivity contribution in [2.45, 2.75) is 19.5 Å². The summed E-state index contributed by atoms with van der Waals surface area (Å²) >= 11 is 7.54. The molecule has 4 rings (SSSR count). The molecule has 0 fully saturated rings. The lowest BCUT2D eigenvalue weighted by molar-refractivity contribution is 0.439. The Morgan fingerprint density at radius 3 is 2.83 bits per heavy atom. The van der Waals surface area contributed by atoms with E-state index in [9.17, 15) is 0 Å². The lowest BCUT2D eigenvalue weighted by atomic mass is 10.2. The first-order valence-corrected chi connectivity index (χ1v) is 8.36. The summed E-state index contributed by atoms with van der Waals surface area (Å²) in [5.74, 6) is 1.82. The largest absolute Gasteiger partial charge is 0.307 e. The minimum absolute atomic E-state index is 0. The van der Waals surface area contributed by atoms with Crippen molar-refractivity contribution in [2.24, 2.45) is 0 Å². The molecular formula is C15H15Cl2N5S. The van der Waals surface area contributed by atoms with E-state index in [-0.39, 0.29) is 18.4 Å². The maximum Gasteiger partial charge on any atom is 0.183 e. The van der Waals surface area contributed by atoms with Crippen LogP contribution in [0.25, 0.3) is 22.1 Å². The quantitative estimate of drug-likeness (QED) is 0.748. The third kappa shape index (κ3) is 2.99. The van der Waals surface area contributed by atoms with Crippen LogP contribution in [-0.4, -0.2) is 26.3 Å². The zero-order valence-electron chi connectivity index (χ0n) is 12.4. The molecule has 0 saturated heterocycles. The van der Waals surface area contributed by atoms with Crippen molar-refractivity contribution in [3.05, 3.63) is 40.5 Å². The molecule has 5 nitrogen and oxygen atoms in total. The fourth-order valence-electron chi connectivity index (χ4n) is 2.63. The van der Waals surface area contributed by atoms with Gasteiger partial charge in [-0.2, -0.15) is 0 Å². The molecule has 0 radical (unpaired) electrons. The number of aromatic nitrogens is 4. The van der Waals surface area contributed by atoms with Crippen LogP contribution >= 0.6 is 35.3 Å². The summed E-state index contributed by atoms with van der Waals surface area (Å²) in [5, 5.41) is 15.8. The summed E-state index contributed by atoms with van der Waals surface area (Å²) < 4.78 is 2.15. The first kappa shape index (κ1) is 16.4. The second-order valence-corrected chi connectivity index (χ2v) is 6.55. The average molecular weight is 368 g/mol. The van der Waals surface area contributed by atoms with E-state index in [4.69, 9.17) is 16.6 Å². The van der Waals surface area contributed by atoms with E-state index in [0.29, 0.717) is 0 Å². The van der Waals surface area contributed by atoms with Gasteiger partial charge in [-0.1, -0.05) is 23.7 Å². The molecule has 8 heteroatoms. The minimum atomic E-state index is 0. The minimum Gasteiger partial charge on any atom is -0.307 e. The van der Waals surface area contributed by atoms with E-state index in [0.717, 1.165) is 46.0 Å². The number of halogens is 2. The van der Waals surface area contributed by atoms with Gasteiger partial charge in [0.25, 0.3) is 0 Å². The molecule has 1 aliphatic heterocycles. The molecule has 0 aliphatic carbocycles. The summed E-state index contributed by atoms with van der Waals surface area (Å²) in [6, 6.07) is 7.95. The molecule has 0 amide bonds. The van der Waals surface area contributed by atoms with E-state index in [1.165, 1.54) is 0 Å². The van der Waals surface area contributed by atoms with E-state index < -0.39 is 0 Å². The fraction of sp³-hybridized carbons (Fsp3) is 0.267. The van der Waals surface area contributed by atoms with E-state index in [1.54, 1.807) is 11.3 Å². The van der Waals surface area contributed by atoms with Crippen molar-refractivity contribution in [1.82, 2.24) is 25.1 Å². The summed E-state index contributed by atoms with van der Waals surface area (Å²) in [7, 11) is 0. The van der Waals surface area contributed by atoms with Crippen LogP contribution in [-0.2, 0) is 6.54 Å². The smallest absolute Gasteiger partial charge is 0.183 e. The van der Waals surface area contributed by atoms with E-state index in [1.807, 2.05) is 29.6 Å². The van der Waals surface area contributed by atoms with Crippen LogP contribution in [0.4, 0.5) is 0 Å². The van der Waals surface area contributed by atoms with Crippen molar-refractivity contribution in [3.63, 3.8) is 0 Å². The lowest BCUT2D eigenvalue weighted by Gasteiger charge is -2.21. The summed E-state index contributed by atoms with van der Waals surface area (Å²) in [6.07, 6.45) is 0. The third-order valence-corrected chi connectivity index (χ3v) is 4.92. The SMILES string of the molecule is CC1NCCn2c(-c3csc(-c4ccc(Cl)cc4)n3)nnc21.Cl. The zero-order chi connectivity index (χ0) is 15.1. The van der Waals surface area contributed by atoms with Gasteiger partial charge in [0.15, 0.2) is 5.82 Å². The highest BCUT2D eigenvalue weighted by molar-refractivity contribution is 7.13. The van der Waals surface area contributed by atoms with Gasteiger partial charge >= 0.3 is 0 Å². The molecule has 3 heterocycles. The summed E-state index contributed by atoms with van der Waals surface area (Å²) in [4.78, 5) is 4.72. The zero-order valence-corrected chi connectivity index (χ0v) is 14.8. The summed E-state index contributed by atoms with van der Waals surface area (Å²) in [5.41, 5.74) is 1.94. The fourth-order valence-corrected chi connectivity index (χ4v) is 3.56. The van der Waals surface area contributed by atoms with Gasteiger partial charge in [-0.3, -0.25) is 0 Å². The molecular weight excluding hydrogens is 353 g/mol. The molecule has 23 heavy (non-hydrogen) atoms. The second-order valence-electron chi connectivity index (χ2n) is 5.25. The van der Waals surface area contributed by atoms with Gasteiger partial charge in [-0.15, -0.1) is 33.9 Å². The van der Waals surface area contributed by atoms with Crippen LogP contribution in [0.2, 0.25) is 5.02 Å². The monoisotopic (exact) mass is 367 g/mol. The molecule has 2 aromatic heterocycles. The number of nitrogens with zero attached hydrogens (tertiary/aromatic N) is 4. The van der Waals surface area contributed by atoms with Crippen LogP contribution in [0.15, 0.2) is 29.6 Å². The topological polar surface area (TPSA) is 55.6 Å². The average Bonchev–Trinajstić information content (AvgIpc) is 3.15. The number of thiazole rings is 1. The van der Waals surface area contributed by atoms with Crippen LogP contribution in [0.5, 0.6) is 0 Å². The standard InChI is InChI=1S/C15H14ClN5S.ClH/c1-9-13-19-20-14(21(13)7-6-17-9)12-8-22-15(18-12)10-2-4-11(16)5-3-10;/h2-5,8-9,17H,6-7H2,1H3;1H. The van der Waals surface area contributed by atoms with Gasteiger partial charge in [-0.25, -0.2) is 4.98 Å². The molecule has 1 aromatic carbocycles. The molecule has 3 aromatic rings. The Morgan fingerprint density at radius 2 is 2.04 bits per heavy atom. The maximum absolute atomic E-state index is 5.93. The van der Waals surface area contributed by atoms with Gasteiger partial charge in [0.2, 0.25) is 0 Å². The molecule has 0 bridgehead atoms. The van der Waals surface area contributed by atoms with E-state index in [2.05, 4.69) is 27.0 Å². The highest BCUT2D eigenvalue weighted by Gasteiger charge is 2.23. The predicted molar refractivity (Wildman–Crippen MR) is 95.2 cm³/mol. The van der Waals surface area contributed by atoms with Gasteiger partial charge < -0.3 is 9.88 Å². The molecule has 0 saturated carbocycles. The second kappa shape index (κ2) is 6.57. The van der Waals surface area contributed by atoms with Crippen LogP contribution < -0.4 is 5.32 Å². The Bertz CT molecular complexity index is 812. The van der Waals surface area contributed by atoms with Crippen molar-refractivity contribution in [3.8, 4) is 22.1 Å². The Hall–Kier alpha value is -1.47. The van der Waals surface area contributed by atoms with Crippen molar-refractivity contribution in [2.75, 3.05) is 6.54 Å². The Morgan fingerprint density at radius 1 is 1.26 bits per heavy atom. The van der Waals surface area contributed by atoms with Crippen molar-refractivity contribution < 1.29 is 0 Å². The number of benzene rings is 1. The Kier molecular flexibility index (Phi) is 4.68. The van der Waals surface area contributed by atoms with Crippen LogP contribution in [0, 0.1) is 0 Å². The molecule has 120 valence electrons. The third-order valence-electron chi connectivity index (χ3n) is 3.78. The highest BCUT2D eigenvalue weighted by atomic mass is 35.5. The molecule has 1 unspecified atom stereocenters. The number of hydrogen-bond acceptors (Lipinski definition) is 5. The van der Waals surface area contributed by atoms with Crippen molar-refractivity contribution in [1.29, 1.82) is 0 Å². The Labute approximate surface area is 149 Å². The van der Waals surface area contributed by atoms with Crippen LogP contribution in [0.3, 0.4) is 0 Å². The maximum atomic E-state index is 5.93. The molecule has 1 aliphatic rings. The number of fused-ring (bicyclic) bond motifs is 1. The molecule has 0 spiro atoms. The van der Waals surface area contributed by atoms with Gasteiger partial charge in [0.05, 0.1) is 6.04 Å². The number of rotatable bonds is 2. The highest BCUT2D eigenvalue weighted by Crippen LogP contribution is 2.30. The van der Waals surface area contributed by atoms with Crippen LogP contribution in [0.1, 0.15) is 18.8 Å². The van der Waals surface area contributed by atoms with Gasteiger partial charge in [0, 0.05) is 29.1 Å². The predicted octanol–water partition coefficient (Wildman–Crippen LogP) is 3.81. The first-order chi connectivity index (χ1) is 10.7. The first-order valence-electron chi connectivity index (χ1n) is 7.10. The normalized spacial score (nSPS) is 16.7. The van der Waals surface area contributed by atoms with Crippen molar-refractivity contribution >= 4 is 35.3 Å². The number of nitrogens with one attached hydrogen (secondary N) is 1. The van der Waals surface area contributed by atoms with Gasteiger partial charge in [0.1, 0.15) is 16.5 Å². The molecule has 1 N–H and O–H groups in total. The Balaban J connectivity index is 0.00000156. The lowest BCUT2D eigenvalue weighted by Crippen LogP contribution is -2.32. The number of hydrogen-bond donors (Lipinski definition) is 1.